The Morgan fingerprint density at radius 3 is 2.52 bits per heavy atom. The van der Waals surface area contributed by atoms with E-state index in [-0.39, 0.29) is 17.0 Å². The van der Waals surface area contributed by atoms with Gasteiger partial charge in [0.25, 0.3) is 0 Å². The van der Waals surface area contributed by atoms with E-state index in [0.29, 0.717) is 12.3 Å². The fraction of sp³-hybridized carbons (Fsp3) is 0.182. The van der Waals surface area contributed by atoms with Crippen LogP contribution in [0.2, 0.25) is 0 Å². The molecule has 1 aromatic heterocycles. The van der Waals surface area contributed by atoms with Crippen LogP contribution in [0, 0.1) is 6.92 Å². The lowest BCUT2D eigenvalue weighted by molar-refractivity contribution is -0.650. The van der Waals surface area contributed by atoms with Gasteiger partial charge in [0.15, 0.2) is 0 Å². The molecule has 3 N–H and O–H groups in total. The molecule has 2 heterocycles. The second kappa shape index (κ2) is 8.98. The minimum absolute atomic E-state index is 0. The van der Waals surface area contributed by atoms with Gasteiger partial charge in [-0.05, 0) is 29.8 Å². The molecule has 5 nitrogen and oxygen atoms in total. The quantitative estimate of drug-likeness (QED) is 0.383. The van der Waals surface area contributed by atoms with Gasteiger partial charge >= 0.3 is 5.17 Å². The third-order valence-electron chi connectivity index (χ3n) is 4.81. The highest BCUT2D eigenvalue weighted by Gasteiger charge is 2.46. The van der Waals surface area contributed by atoms with E-state index in [4.69, 9.17) is 0 Å². The smallest absolute Gasteiger partial charge is 0.315 e. The van der Waals surface area contributed by atoms with Gasteiger partial charge in [0.05, 0.1) is 5.75 Å². The van der Waals surface area contributed by atoms with E-state index in [0.717, 1.165) is 33.4 Å². The highest BCUT2D eigenvalue weighted by molar-refractivity contribution is 8.14. The summed E-state index contributed by atoms with van der Waals surface area (Å²) in [7, 11) is 0. The predicted molar refractivity (Wildman–Crippen MR) is 116 cm³/mol. The largest absolute Gasteiger partial charge is 1.00 e. The number of nitrogens with one attached hydrogen (secondary N) is 2. The van der Waals surface area contributed by atoms with E-state index in [1.54, 1.807) is 17.8 Å². The zero-order valence-corrected chi connectivity index (χ0v) is 18.5. The Morgan fingerprint density at radius 1 is 1.21 bits per heavy atom. The fourth-order valence-corrected chi connectivity index (χ4v) is 4.57. The SMILES string of the molecule is C=CC[N+]1=C(Nc2cc(C)[nH]n2)SCC1(O)c1ccc(-c2ccccc2)cc1.[Br-]. The number of hydrogen-bond donors (Lipinski definition) is 3. The van der Waals surface area contributed by atoms with Crippen LogP contribution >= 0.6 is 11.8 Å². The molecule has 0 amide bonds. The molecule has 0 fully saturated rings. The maximum atomic E-state index is 11.5. The molecule has 0 saturated heterocycles. The van der Waals surface area contributed by atoms with E-state index in [1.807, 2.05) is 47.9 Å². The number of benzene rings is 2. The van der Waals surface area contributed by atoms with Crippen molar-refractivity contribution >= 4 is 22.7 Å². The number of aryl methyl sites for hydroxylation is 1. The van der Waals surface area contributed by atoms with Gasteiger partial charge in [0, 0.05) is 17.3 Å². The summed E-state index contributed by atoms with van der Waals surface area (Å²) in [4.78, 5) is 0. The van der Waals surface area contributed by atoms with Crippen LogP contribution < -0.4 is 22.3 Å². The molecule has 150 valence electrons. The van der Waals surface area contributed by atoms with Crippen molar-refractivity contribution in [1.29, 1.82) is 0 Å². The third kappa shape index (κ3) is 4.32. The number of amidine groups is 1. The summed E-state index contributed by atoms with van der Waals surface area (Å²) in [5, 5.41) is 22.9. The van der Waals surface area contributed by atoms with E-state index >= 15 is 0 Å². The Labute approximate surface area is 185 Å². The number of aliphatic hydroxyl groups is 1. The molecule has 29 heavy (non-hydrogen) atoms. The maximum Gasteiger partial charge on any atom is 0.315 e. The lowest BCUT2D eigenvalue weighted by Gasteiger charge is -2.24. The van der Waals surface area contributed by atoms with Crippen molar-refractivity contribution in [3.8, 4) is 11.1 Å². The average Bonchev–Trinajstić information content (AvgIpc) is 3.28. The van der Waals surface area contributed by atoms with Crippen LogP contribution in [0.3, 0.4) is 0 Å². The van der Waals surface area contributed by atoms with Crippen LogP contribution in [0.15, 0.2) is 73.3 Å². The molecule has 0 aliphatic carbocycles. The highest BCUT2D eigenvalue weighted by atomic mass is 79.9. The fourth-order valence-electron chi connectivity index (χ4n) is 3.35. The molecule has 2 aromatic carbocycles. The zero-order valence-electron chi connectivity index (χ0n) is 16.1. The minimum atomic E-state index is -1.11. The molecule has 1 unspecified atom stereocenters. The average molecular weight is 471 g/mol. The molecule has 7 heteroatoms. The van der Waals surface area contributed by atoms with Gasteiger partial charge in [0.1, 0.15) is 6.54 Å². The Balaban J connectivity index is 0.00000240. The van der Waals surface area contributed by atoms with E-state index in [9.17, 15) is 5.11 Å². The number of thioether (sulfide) groups is 1. The molecule has 0 radical (unpaired) electrons. The number of rotatable bonds is 5. The molecule has 3 aromatic rings. The summed E-state index contributed by atoms with van der Waals surface area (Å²) in [6, 6.07) is 20.3. The van der Waals surface area contributed by atoms with Crippen LogP contribution in [0.25, 0.3) is 11.1 Å². The maximum absolute atomic E-state index is 11.5. The van der Waals surface area contributed by atoms with Crippen molar-refractivity contribution in [2.45, 2.75) is 12.6 Å². The number of aromatic nitrogens is 2. The lowest BCUT2D eigenvalue weighted by Crippen LogP contribution is -3.00. The normalized spacial score (nSPS) is 18.4. The first-order valence-corrected chi connectivity index (χ1v) is 10.1. The number of nitrogens with zero attached hydrogens (tertiary/aromatic N) is 2. The Hall–Kier alpha value is -2.35. The molecule has 4 rings (SSSR count). The summed E-state index contributed by atoms with van der Waals surface area (Å²) in [6.07, 6.45) is 1.80. The van der Waals surface area contributed by atoms with E-state index in [2.05, 4.69) is 46.4 Å². The Morgan fingerprint density at radius 2 is 1.90 bits per heavy atom. The van der Waals surface area contributed by atoms with Gasteiger partial charge in [-0.3, -0.25) is 5.10 Å². The van der Waals surface area contributed by atoms with E-state index in [1.165, 1.54) is 0 Å². The third-order valence-corrected chi connectivity index (χ3v) is 5.95. The molecular weight excluding hydrogens is 448 g/mol. The second-order valence-corrected chi connectivity index (χ2v) is 7.78. The molecular formula is C22H23BrN4OS. The van der Waals surface area contributed by atoms with Gasteiger partial charge in [-0.2, -0.15) is 0 Å². The molecule has 1 aliphatic heterocycles. The summed E-state index contributed by atoms with van der Waals surface area (Å²) in [5.41, 5.74) is 3.02. The van der Waals surface area contributed by atoms with Gasteiger partial charge in [-0.15, -0.1) is 5.10 Å². The van der Waals surface area contributed by atoms with E-state index < -0.39 is 5.72 Å². The number of aromatic amines is 1. The number of hydrogen-bond acceptors (Lipinski definition) is 4. The molecule has 1 atom stereocenters. The van der Waals surface area contributed by atoms with Crippen LogP contribution in [0.1, 0.15) is 11.3 Å². The van der Waals surface area contributed by atoms with Crippen molar-refractivity contribution in [2.75, 3.05) is 17.6 Å². The van der Waals surface area contributed by atoms with Gasteiger partial charge < -0.3 is 22.1 Å². The summed E-state index contributed by atoms with van der Waals surface area (Å²) < 4.78 is 1.94. The molecule has 0 spiro atoms. The first kappa shape index (κ1) is 21.4. The van der Waals surface area contributed by atoms with Crippen molar-refractivity contribution in [2.24, 2.45) is 0 Å². The first-order valence-electron chi connectivity index (χ1n) is 9.16. The Kier molecular flexibility index (Phi) is 6.62. The second-order valence-electron chi connectivity index (χ2n) is 6.81. The predicted octanol–water partition coefficient (Wildman–Crippen LogP) is 0.948. The van der Waals surface area contributed by atoms with Gasteiger partial charge in [-0.1, -0.05) is 67.3 Å². The van der Waals surface area contributed by atoms with Crippen molar-refractivity contribution in [3.05, 3.63) is 84.6 Å². The van der Waals surface area contributed by atoms with Crippen LogP contribution in [-0.2, 0) is 5.72 Å². The minimum Gasteiger partial charge on any atom is -1.00 e. The standard InChI is InChI=1S/C22H22N4OS.BrH/c1-3-13-26-21(23-20-14-16(2)24-25-20)28-15-22(26,27)19-11-9-18(10-12-19)17-7-5-4-6-8-17;/h3-12,14,27H,1,13,15H2,2H3,(H,24,25);1H. The summed E-state index contributed by atoms with van der Waals surface area (Å²) in [6.45, 7) is 6.34. The molecule has 1 aliphatic rings. The summed E-state index contributed by atoms with van der Waals surface area (Å²) >= 11 is 1.58. The van der Waals surface area contributed by atoms with Crippen molar-refractivity contribution in [3.63, 3.8) is 0 Å². The van der Waals surface area contributed by atoms with Crippen molar-refractivity contribution in [1.82, 2.24) is 10.2 Å². The summed E-state index contributed by atoms with van der Waals surface area (Å²) in [5.74, 6) is 1.26. The van der Waals surface area contributed by atoms with Crippen LogP contribution in [0.5, 0.6) is 0 Å². The van der Waals surface area contributed by atoms with Gasteiger partial charge in [0.2, 0.25) is 11.5 Å². The van der Waals surface area contributed by atoms with Crippen LogP contribution in [0.4, 0.5) is 5.82 Å². The number of H-pyrrole nitrogens is 1. The topological polar surface area (TPSA) is 64.0 Å². The first-order chi connectivity index (χ1) is 13.6. The molecule has 0 saturated carbocycles. The zero-order chi connectivity index (χ0) is 19.6. The number of anilines is 1. The lowest BCUT2D eigenvalue weighted by atomic mass is 9.99. The monoisotopic (exact) mass is 470 g/mol. The molecule has 0 bridgehead atoms. The highest BCUT2D eigenvalue weighted by Crippen LogP contribution is 2.35. The number of halogens is 1. The van der Waals surface area contributed by atoms with Gasteiger partial charge in [-0.25, -0.2) is 9.89 Å². The van der Waals surface area contributed by atoms with Crippen molar-refractivity contribution < 1.29 is 26.7 Å². The Bertz CT molecular complexity index is 1020. The van der Waals surface area contributed by atoms with Crippen LogP contribution in [-0.4, -0.2) is 37.3 Å².